The molecule has 2 N–H and O–H groups in total. The van der Waals surface area contributed by atoms with E-state index >= 15 is 0 Å². The molecular formula is C59H92BN6O12. The minimum atomic E-state index is -0.421. The van der Waals surface area contributed by atoms with Crippen LogP contribution in [-0.2, 0) is 52.5 Å². The number of piperidine rings is 3. The van der Waals surface area contributed by atoms with Crippen molar-refractivity contribution in [2.45, 2.75) is 217 Å². The summed E-state index contributed by atoms with van der Waals surface area (Å²) in [5.41, 5.74) is -0.219. The average molecular weight is 1090 g/mol. The molecule has 14 aliphatic rings. The summed E-state index contributed by atoms with van der Waals surface area (Å²) in [7, 11) is 0. The van der Waals surface area contributed by atoms with Gasteiger partial charge in [0.15, 0.2) is 0 Å². The van der Waals surface area contributed by atoms with E-state index in [1.807, 2.05) is 102 Å². The first-order valence-electron chi connectivity index (χ1n) is 28.2. The van der Waals surface area contributed by atoms with Gasteiger partial charge in [0.2, 0.25) is 35.4 Å². The Hall–Kier alpha value is -3.88. The van der Waals surface area contributed by atoms with Crippen molar-refractivity contribution in [3.8, 4) is 0 Å². The van der Waals surface area contributed by atoms with Crippen LogP contribution in [0, 0.1) is 56.2 Å². The fourth-order valence-corrected chi connectivity index (χ4v) is 16.7. The number of aliphatic hydroxyl groups excluding tert-OH is 1. The van der Waals surface area contributed by atoms with Crippen molar-refractivity contribution < 1.29 is 57.6 Å². The Morgan fingerprint density at radius 3 is 1.38 bits per heavy atom. The van der Waals surface area contributed by atoms with E-state index in [1.54, 1.807) is 17.1 Å². The molecule has 13 unspecified atom stereocenters. The fourth-order valence-electron chi connectivity index (χ4n) is 16.7. The molecule has 0 aromatic rings. The summed E-state index contributed by atoms with van der Waals surface area (Å²) in [6.07, 6.45) is 5.92. The quantitative estimate of drug-likeness (QED) is 0.317. The molecule has 6 amide bonds. The molecule has 3 aliphatic carbocycles. The molecule has 0 spiro atoms. The van der Waals surface area contributed by atoms with E-state index in [0.29, 0.717) is 75.3 Å². The lowest BCUT2D eigenvalue weighted by Gasteiger charge is -2.34. The van der Waals surface area contributed by atoms with E-state index in [1.165, 1.54) is 0 Å². The molecule has 9 saturated heterocycles. The number of ether oxygens (including phenoxy) is 5. The maximum atomic E-state index is 12.3. The van der Waals surface area contributed by atoms with Gasteiger partial charge in [-0.15, -0.1) is 0 Å². The zero-order valence-electron chi connectivity index (χ0n) is 50.7. The van der Waals surface area contributed by atoms with E-state index in [0.717, 1.165) is 5.57 Å². The van der Waals surface area contributed by atoms with Crippen LogP contribution < -0.4 is 5.32 Å². The average Bonchev–Trinajstić information content (AvgIpc) is 4.23. The topological polar surface area (TPSA) is 197 Å². The Morgan fingerprint density at radius 1 is 0.538 bits per heavy atom. The maximum absolute atomic E-state index is 12.3. The number of fused-ring (bicyclic) bond motifs is 10. The minimum absolute atomic E-state index is 0. The zero-order valence-corrected chi connectivity index (χ0v) is 50.7. The van der Waals surface area contributed by atoms with Gasteiger partial charge in [-0.05, 0) is 104 Å². The lowest BCUT2D eigenvalue weighted by Crippen LogP contribution is -2.48. The van der Waals surface area contributed by atoms with E-state index in [2.05, 4.69) is 74.6 Å². The minimum Gasteiger partial charge on any atom is -0.394 e. The molecule has 78 heavy (non-hydrogen) atoms. The lowest BCUT2D eigenvalue weighted by molar-refractivity contribution is -0.146. The summed E-state index contributed by atoms with van der Waals surface area (Å²) in [4.78, 5) is 79.6. The molecular weight excluding hydrogens is 995 g/mol. The van der Waals surface area contributed by atoms with E-state index in [-0.39, 0.29) is 113 Å². The van der Waals surface area contributed by atoms with Gasteiger partial charge in [-0.2, -0.15) is 0 Å². The van der Waals surface area contributed by atoms with Gasteiger partial charge in [0.05, 0.1) is 93.6 Å². The van der Waals surface area contributed by atoms with Gasteiger partial charge in [0.1, 0.15) is 28.6 Å². The number of hydrogen-bond acceptors (Lipinski definition) is 12. The Balaban J connectivity index is 0.000000124. The van der Waals surface area contributed by atoms with E-state index in [9.17, 15) is 28.8 Å². The number of amides is 6. The van der Waals surface area contributed by atoms with Crippen molar-refractivity contribution in [1.29, 1.82) is 0 Å². The third kappa shape index (κ3) is 8.26. The van der Waals surface area contributed by atoms with E-state index < -0.39 is 22.9 Å². The summed E-state index contributed by atoms with van der Waals surface area (Å²) >= 11 is 0. The third-order valence-electron chi connectivity index (χ3n) is 22.4. The SMILES string of the molecule is CC1(C)C2C(=O)NC(CO)C21C.CC1(C)OCC2C=CC(=O)N21.CC1(C)OCC2N1C(=O)C1C(C)(C)C21C.CC1(C)OCC2N1C(=O)C1C(C)(C)C21C.CC1=CC(=O)N2C1COC2(C)C.CC1CC(=O)N2C1COC2(C)C.[B]. The van der Waals surface area contributed by atoms with Gasteiger partial charge in [0.25, 0.3) is 0 Å². The second-order valence-electron chi connectivity index (χ2n) is 29.1. The first kappa shape index (κ1) is 60.2. The number of carbonyl (C=O) groups is 6. The smallest absolute Gasteiger partial charge is 0.249 e. The van der Waals surface area contributed by atoms with Crippen LogP contribution in [0.15, 0.2) is 23.8 Å². The third-order valence-corrected chi connectivity index (χ3v) is 22.4. The zero-order chi connectivity index (χ0) is 57.5. The van der Waals surface area contributed by atoms with Gasteiger partial charge in [-0.25, -0.2) is 0 Å². The highest BCUT2D eigenvalue weighted by molar-refractivity contribution is 5.93. The highest BCUT2D eigenvalue weighted by atomic mass is 16.5. The Kier molecular flexibility index (Phi) is 14.1. The number of rotatable bonds is 1. The number of hydrogen-bond donors (Lipinski definition) is 2. The van der Waals surface area contributed by atoms with Crippen molar-refractivity contribution in [2.75, 3.05) is 39.6 Å². The van der Waals surface area contributed by atoms with Crippen LogP contribution in [0.5, 0.6) is 0 Å². The van der Waals surface area contributed by atoms with Gasteiger partial charge < -0.3 is 58.6 Å². The maximum Gasteiger partial charge on any atom is 0.249 e. The largest absolute Gasteiger partial charge is 0.394 e. The summed E-state index contributed by atoms with van der Waals surface area (Å²) in [6, 6.07) is 1.24. The highest BCUT2D eigenvalue weighted by Crippen LogP contribution is 2.78. The molecule has 0 aromatic heterocycles. The molecule has 18 nitrogen and oxygen atoms in total. The molecule has 13 atom stereocenters. The van der Waals surface area contributed by atoms with E-state index in [4.69, 9.17) is 28.8 Å². The van der Waals surface area contributed by atoms with Gasteiger partial charge in [0, 0.05) is 43.2 Å². The van der Waals surface area contributed by atoms with Crippen LogP contribution in [0.3, 0.4) is 0 Å². The molecule has 14 rings (SSSR count). The summed E-state index contributed by atoms with van der Waals surface area (Å²) in [5, 5.41) is 11.9. The summed E-state index contributed by atoms with van der Waals surface area (Å²) in [6.45, 7) is 46.7. The van der Waals surface area contributed by atoms with Crippen molar-refractivity contribution in [1.82, 2.24) is 29.8 Å². The second-order valence-corrected chi connectivity index (χ2v) is 29.1. The standard InChI is InChI=1S/2C12H19NO2.C9H15NO2.C9H13NO2.C9H15NO2.C8H11NO2.B/c2*1-10(2)8-9(14)13-7(12(8,10)5)6-15-11(13,3)4;2*1-6-4-8(11)10-7(6)5-12-9(10,2)3;1-8(2)6-7(12)10-5(4-11)9(6,8)3;1-8(2)9-6(5-11-8)3-4-7(9)10;/h2*7-8H,6H2,1-5H3;6-7H,4-5H2,1-3H3;4,7H,5H2,1-3H3;5-6,11H,4H2,1-3H3,(H,10,12);3-4,6H,5H2,1-2H3;. The lowest BCUT2D eigenvalue weighted by atomic mass is 9.90. The van der Waals surface area contributed by atoms with Gasteiger partial charge in [-0.3, -0.25) is 28.8 Å². The second kappa shape index (κ2) is 18.3. The van der Waals surface area contributed by atoms with Crippen molar-refractivity contribution in [3.63, 3.8) is 0 Å². The Labute approximate surface area is 465 Å². The molecule has 433 valence electrons. The fraction of sp³-hybridized carbons (Fsp3) is 0.831. The number of aliphatic hydroxyl groups is 1. The molecule has 11 aliphatic heterocycles. The number of nitrogens with one attached hydrogen (secondary N) is 1. The van der Waals surface area contributed by atoms with Crippen molar-refractivity contribution >= 4 is 43.9 Å². The van der Waals surface area contributed by atoms with Gasteiger partial charge >= 0.3 is 0 Å². The number of carbonyl (C=O) groups excluding carboxylic acids is 6. The normalized spacial score (nSPS) is 42.0. The first-order chi connectivity index (χ1) is 35.1. The van der Waals surface area contributed by atoms with Crippen LogP contribution in [0.25, 0.3) is 0 Å². The summed E-state index contributed by atoms with van der Waals surface area (Å²) in [5.74, 6) is 2.12. The molecule has 3 saturated carbocycles. The van der Waals surface area contributed by atoms with Crippen molar-refractivity contribution in [3.05, 3.63) is 23.8 Å². The number of nitrogens with zero attached hydrogens (tertiary/aromatic N) is 5. The summed E-state index contributed by atoms with van der Waals surface area (Å²) < 4.78 is 28.0. The Morgan fingerprint density at radius 2 is 0.962 bits per heavy atom. The van der Waals surface area contributed by atoms with Crippen LogP contribution in [0.1, 0.15) is 152 Å². The first-order valence-corrected chi connectivity index (χ1v) is 28.2. The predicted molar refractivity (Wildman–Crippen MR) is 291 cm³/mol. The van der Waals surface area contributed by atoms with Crippen LogP contribution in [0.2, 0.25) is 0 Å². The predicted octanol–water partition coefficient (Wildman–Crippen LogP) is 5.43. The monoisotopic (exact) mass is 1090 g/mol. The highest BCUT2D eigenvalue weighted by Gasteiger charge is 2.84. The molecule has 3 radical (unpaired) electrons. The van der Waals surface area contributed by atoms with Crippen LogP contribution in [-0.4, -0.2) is 178 Å². The molecule has 12 fully saturated rings. The molecule has 0 aromatic carbocycles. The van der Waals surface area contributed by atoms with Crippen LogP contribution >= 0.6 is 0 Å². The molecule has 11 heterocycles. The molecule has 0 bridgehead atoms. The van der Waals surface area contributed by atoms with Crippen LogP contribution in [0.4, 0.5) is 0 Å². The van der Waals surface area contributed by atoms with Gasteiger partial charge in [-0.1, -0.05) is 75.3 Å². The Bertz CT molecular complexity index is 2510. The molecule has 19 heteroatoms. The van der Waals surface area contributed by atoms with Crippen molar-refractivity contribution in [2.24, 2.45) is 56.2 Å².